The fourth-order valence-corrected chi connectivity index (χ4v) is 18.9. The highest BCUT2D eigenvalue weighted by molar-refractivity contribution is 7.22. The summed E-state index contributed by atoms with van der Waals surface area (Å²) in [6.07, 6.45) is 0. The summed E-state index contributed by atoms with van der Waals surface area (Å²) < 4.78 is 6.62. The van der Waals surface area contributed by atoms with E-state index < -0.39 is 13.5 Å². The molecule has 0 spiro atoms. The first-order valence-corrected chi connectivity index (χ1v) is 27.6. The molecule has 1 aromatic heterocycles. The first kappa shape index (κ1) is 42.0. The number of para-hydroxylation sites is 1. The Morgan fingerprint density at radius 3 is 1.59 bits per heavy atom. The van der Waals surface area contributed by atoms with E-state index in [4.69, 9.17) is 4.42 Å². The van der Waals surface area contributed by atoms with Crippen molar-refractivity contribution in [1.29, 1.82) is 0 Å². The Kier molecular flexibility index (Phi) is 8.98. The quantitative estimate of drug-likeness (QED) is 0.148. The van der Waals surface area contributed by atoms with Gasteiger partial charge in [0.15, 0.2) is 8.07 Å². The van der Waals surface area contributed by atoms with Crippen LogP contribution in [0.15, 0.2) is 265 Å². The number of hydrogen-bond donors (Lipinski definition) is 0. The van der Waals surface area contributed by atoms with E-state index in [9.17, 15) is 0 Å². The summed E-state index contributed by atoms with van der Waals surface area (Å²) >= 11 is 0. The molecule has 3 aliphatic rings. The highest BCUT2D eigenvalue weighted by Gasteiger charge is 2.50. The summed E-state index contributed by atoms with van der Waals surface area (Å²) in [7, 11) is -3.01. The lowest BCUT2D eigenvalue weighted by Crippen LogP contribution is -2.72. The molecule has 12 aromatic rings. The minimum absolute atomic E-state index is 0.186. The average molecular weight is 948 g/mol. The molecule has 1 unspecified atom stereocenters. The molecule has 0 saturated carbocycles. The van der Waals surface area contributed by atoms with Crippen molar-refractivity contribution in [2.24, 2.45) is 0 Å². The Morgan fingerprint density at radius 2 is 0.863 bits per heavy atom. The predicted molar refractivity (Wildman–Crippen MR) is 306 cm³/mol. The Bertz CT molecular complexity index is 4150. The van der Waals surface area contributed by atoms with Gasteiger partial charge in [-0.15, -0.1) is 0 Å². The minimum atomic E-state index is -3.01. The van der Waals surface area contributed by atoms with Crippen LogP contribution in [-0.2, 0) is 10.8 Å². The Balaban J connectivity index is 1.01. The highest BCUT2D eigenvalue weighted by atomic mass is 28.3. The standard InChI is InChI=1S/C70H49NOSi/c1-69(2)61-33-16-12-29-53(61)55-39-37-49(42-63(55)69)71(50-38-40-56-54-30-13-17-34-62(54)70(64(56)43-50,46-21-6-3-7-22-46)47-23-8-4-9-24-47)48-25-20-28-52(41-48)73(51-26-10-5-11-27-51)67-36-19-15-32-58(67)60-44-66-59(45-68(60)73)57-31-14-18-35-65(57)72-66/h3-45H,1-2H3. The van der Waals surface area contributed by atoms with Gasteiger partial charge >= 0.3 is 0 Å². The van der Waals surface area contributed by atoms with Gasteiger partial charge in [0.25, 0.3) is 0 Å². The Morgan fingerprint density at radius 1 is 0.329 bits per heavy atom. The van der Waals surface area contributed by atoms with Gasteiger partial charge in [-0.2, -0.15) is 0 Å². The molecular formula is C70H49NOSi. The van der Waals surface area contributed by atoms with Crippen LogP contribution in [-0.4, -0.2) is 8.07 Å². The fraction of sp³-hybridized carbons (Fsp3) is 0.0571. The maximum Gasteiger partial charge on any atom is 0.180 e. The van der Waals surface area contributed by atoms with Crippen molar-refractivity contribution < 1.29 is 4.42 Å². The number of fused-ring (bicyclic) bond motifs is 12. The number of benzene rings is 11. The molecule has 2 aliphatic carbocycles. The molecule has 0 saturated heterocycles. The monoisotopic (exact) mass is 947 g/mol. The lowest BCUT2D eigenvalue weighted by atomic mass is 9.67. The third kappa shape index (κ3) is 5.74. The van der Waals surface area contributed by atoms with Crippen molar-refractivity contribution in [2.45, 2.75) is 24.7 Å². The molecule has 1 aliphatic heterocycles. The van der Waals surface area contributed by atoms with Crippen LogP contribution >= 0.6 is 0 Å². The molecule has 0 N–H and O–H groups in total. The SMILES string of the molecule is CC1(C)c2ccccc2-c2ccc(N(c3cccc([Si]4(c5ccccc5)c5ccccc5-c5cc6oc7ccccc7c6cc54)c3)c3ccc4c(c3)C(c3ccccc3)(c3ccccc3)c3ccccc3-4)cc21. The number of furan rings is 1. The van der Waals surface area contributed by atoms with Crippen molar-refractivity contribution in [2.75, 3.05) is 4.90 Å². The normalized spacial score (nSPS) is 16.1. The second kappa shape index (κ2) is 15.6. The third-order valence-electron chi connectivity index (χ3n) is 16.8. The van der Waals surface area contributed by atoms with E-state index in [-0.39, 0.29) is 5.41 Å². The molecule has 2 nitrogen and oxygen atoms in total. The fourth-order valence-electron chi connectivity index (χ4n) is 13.7. The van der Waals surface area contributed by atoms with Crippen molar-refractivity contribution in [3.8, 4) is 33.4 Å². The second-order valence-electron chi connectivity index (χ2n) is 20.7. The molecule has 3 heteroatoms. The van der Waals surface area contributed by atoms with Crippen LogP contribution in [0.3, 0.4) is 0 Å². The zero-order valence-corrected chi connectivity index (χ0v) is 41.7. The van der Waals surface area contributed by atoms with Gasteiger partial charge in [0.05, 0.1) is 5.41 Å². The van der Waals surface area contributed by atoms with Crippen molar-refractivity contribution in [3.05, 3.63) is 294 Å². The number of hydrogen-bond acceptors (Lipinski definition) is 2. The number of anilines is 3. The molecule has 0 bridgehead atoms. The van der Waals surface area contributed by atoms with Gasteiger partial charge in [-0.05, 0) is 142 Å². The summed E-state index contributed by atoms with van der Waals surface area (Å²) in [4.78, 5) is 2.55. The summed E-state index contributed by atoms with van der Waals surface area (Å²) in [5.74, 6) is 0. The molecule has 0 amide bonds. The summed E-state index contributed by atoms with van der Waals surface area (Å²) in [6.45, 7) is 4.77. The topological polar surface area (TPSA) is 16.4 Å². The zero-order chi connectivity index (χ0) is 48.5. The summed E-state index contributed by atoms with van der Waals surface area (Å²) in [5.41, 5.74) is 20.0. The molecule has 73 heavy (non-hydrogen) atoms. The lowest BCUT2D eigenvalue weighted by Gasteiger charge is -2.35. The third-order valence-corrected chi connectivity index (χ3v) is 21.7. The minimum Gasteiger partial charge on any atom is -0.456 e. The summed E-state index contributed by atoms with van der Waals surface area (Å²) in [6, 6.07) is 98.3. The van der Waals surface area contributed by atoms with Gasteiger partial charge < -0.3 is 9.32 Å². The van der Waals surface area contributed by atoms with Gasteiger partial charge in [-0.3, -0.25) is 0 Å². The first-order chi connectivity index (χ1) is 36.0. The van der Waals surface area contributed by atoms with Gasteiger partial charge in [0, 0.05) is 33.2 Å². The number of rotatable bonds is 7. The van der Waals surface area contributed by atoms with Gasteiger partial charge in [-0.1, -0.05) is 220 Å². The first-order valence-electron chi connectivity index (χ1n) is 25.6. The van der Waals surface area contributed by atoms with E-state index in [1.807, 2.05) is 0 Å². The Hall–Kier alpha value is -8.76. The van der Waals surface area contributed by atoms with Gasteiger partial charge in [0.2, 0.25) is 0 Å². The maximum atomic E-state index is 6.62. The predicted octanol–water partition coefficient (Wildman–Crippen LogP) is 15.1. The maximum absolute atomic E-state index is 6.62. The zero-order valence-electron chi connectivity index (χ0n) is 40.7. The summed E-state index contributed by atoms with van der Waals surface area (Å²) in [5, 5.41) is 7.80. The van der Waals surface area contributed by atoms with E-state index in [0.29, 0.717) is 0 Å². The van der Waals surface area contributed by atoms with Crippen LogP contribution in [0.25, 0.3) is 55.3 Å². The molecule has 344 valence electrons. The van der Waals surface area contributed by atoms with E-state index in [0.717, 1.165) is 39.0 Å². The smallest absolute Gasteiger partial charge is 0.180 e. The molecule has 11 aromatic carbocycles. The number of nitrogens with zero attached hydrogens (tertiary/aromatic N) is 1. The van der Waals surface area contributed by atoms with Crippen LogP contribution < -0.4 is 25.6 Å². The molecule has 0 radical (unpaired) electrons. The van der Waals surface area contributed by atoms with Crippen LogP contribution in [0, 0.1) is 0 Å². The van der Waals surface area contributed by atoms with Crippen molar-refractivity contribution >= 4 is 67.8 Å². The lowest BCUT2D eigenvalue weighted by molar-refractivity contribution is 0.660. The largest absolute Gasteiger partial charge is 0.456 e. The van der Waals surface area contributed by atoms with Crippen molar-refractivity contribution in [1.82, 2.24) is 0 Å². The van der Waals surface area contributed by atoms with E-state index >= 15 is 0 Å². The van der Waals surface area contributed by atoms with Crippen LogP contribution in [0.2, 0.25) is 0 Å². The molecular weight excluding hydrogens is 899 g/mol. The molecule has 2 heterocycles. The van der Waals surface area contributed by atoms with Crippen LogP contribution in [0.5, 0.6) is 0 Å². The van der Waals surface area contributed by atoms with E-state index in [1.54, 1.807) is 0 Å². The van der Waals surface area contributed by atoms with Crippen LogP contribution in [0.1, 0.15) is 47.2 Å². The average Bonchev–Trinajstić information content (AvgIpc) is 4.13. The van der Waals surface area contributed by atoms with Crippen LogP contribution in [0.4, 0.5) is 17.1 Å². The van der Waals surface area contributed by atoms with E-state index in [2.05, 4.69) is 280 Å². The molecule has 15 rings (SSSR count). The second-order valence-corrected chi connectivity index (χ2v) is 24.4. The van der Waals surface area contributed by atoms with Gasteiger partial charge in [0.1, 0.15) is 11.2 Å². The van der Waals surface area contributed by atoms with Gasteiger partial charge in [-0.25, -0.2) is 0 Å². The van der Waals surface area contributed by atoms with E-state index in [1.165, 1.54) is 87.5 Å². The Labute approximate surface area is 427 Å². The highest BCUT2D eigenvalue weighted by Crippen LogP contribution is 2.58. The molecule has 0 fully saturated rings. The molecule has 1 atom stereocenters. The van der Waals surface area contributed by atoms with Crippen molar-refractivity contribution in [3.63, 3.8) is 0 Å².